The molecule has 7 fully saturated rings. The molecule has 11 N–H and O–H groups in total. The first-order valence-electron chi connectivity index (χ1n) is 23.9. The molecular formula is C47H76O18. The summed E-state index contributed by atoms with van der Waals surface area (Å²) in [6.45, 7) is 13.7. The maximum absolute atomic E-state index is 14.7. The van der Waals surface area contributed by atoms with Crippen molar-refractivity contribution in [2.24, 2.45) is 50.7 Å². The average molecular weight is 929 g/mol. The van der Waals surface area contributed by atoms with E-state index in [9.17, 15) is 61.0 Å². The maximum Gasteiger partial charge on any atom is 0.315 e. The van der Waals surface area contributed by atoms with Crippen LogP contribution in [0.1, 0.15) is 106 Å². The molecule has 0 aromatic carbocycles. The number of allylic oxidation sites excluding steroid dienone is 1. The SMILES string of the molecule is CC1CCC2(C(=O)OC3OC(CO)C(O)C(O)C3O)CCC3(C)C(=CCC4C5(C)CCC(OC6OCC(O)C(O)C6OC6OC(CO)C(O)C(O)C6O)C(C)(C)C5CCC43C)C2C1(C)O. The van der Waals surface area contributed by atoms with Crippen LogP contribution in [0.25, 0.3) is 0 Å². The molecule has 0 bridgehead atoms. The molecule has 8 rings (SSSR count). The number of rotatable bonds is 8. The highest BCUT2D eigenvalue weighted by Gasteiger charge is 2.72. The Labute approximate surface area is 380 Å². The monoisotopic (exact) mass is 929 g/mol. The Morgan fingerprint density at radius 2 is 1.31 bits per heavy atom. The van der Waals surface area contributed by atoms with Crippen LogP contribution < -0.4 is 0 Å². The minimum absolute atomic E-state index is 0.154. The molecule has 0 spiro atoms. The predicted octanol–water partition coefficient (Wildman–Crippen LogP) is -0.250. The van der Waals surface area contributed by atoms with Crippen molar-refractivity contribution in [2.75, 3.05) is 19.8 Å². The van der Waals surface area contributed by atoms with Crippen LogP contribution in [-0.2, 0) is 33.2 Å². The summed E-state index contributed by atoms with van der Waals surface area (Å²) in [6.07, 6.45) is -13.6. The van der Waals surface area contributed by atoms with Crippen LogP contribution in [-0.4, -0.2) is 180 Å². The zero-order valence-corrected chi connectivity index (χ0v) is 38.8. The molecule has 18 heteroatoms. The van der Waals surface area contributed by atoms with Gasteiger partial charge in [-0.15, -0.1) is 0 Å². The van der Waals surface area contributed by atoms with E-state index in [1.54, 1.807) is 0 Å². The average Bonchev–Trinajstić information content (AvgIpc) is 3.25. The van der Waals surface area contributed by atoms with E-state index in [0.717, 1.165) is 24.8 Å². The van der Waals surface area contributed by atoms with Gasteiger partial charge >= 0.3 is 5.97 Å². The van der Waals surface area contributed by atoms with Crippen LogP contribution >= 0.6 is 0 Å². The van der Waals surface area contributed by atoms with E-state index >= 15 is 0 Å². The normalized spacial score (nSPS) is 55.4. The van der Waals surface area contributed by atoms with Gasteiger partial charge < -0.3 is 84.6 Å². The number of hydrogen-bond donors (Lipinski definition) is 11. The summed E-state index contributed by atoms with van der Waals surface area (Å²) in [5, 5.41) is 117. The van der Waals surface area contributed by atoms with Gasteiger partial charge in [0, 0.05) is 5.92 Å². The van der Waals surface area contributed by atoms with Crippen molar-refractivity contribution in [3.05, 3.63) is 11.6 Å². The fourth-order valence-corrected chi connectivity index (χ4v) is 15.0. The van der Waals surface area contributed by atoms with E-state index in [1.165, 1.54) is 0 Å². The molecule has 3 aliphatic heterocycles. The van der Waals surface area contributed by atoms with Crippen molar-refractivity contribution >= 4 is 5.97 Å². The first kappa shape index (κ1) is 50.0. The van der Waals surface area contributed by atoms with E-state index in [1.807, 2.05) is 13.8 Å². The Bertz CT molecular complexity index is 1770. The molecule has 3 saturated heterocycles. The van der Waals surface area contributed by atoms with Gasteiger partial charge in [0.2, 0.25) is 6.29 Å². The maximum atomic E-state index is 14.7. The van der Waals surface area contributed by atoms with Crippen molar-refractivity contribution in [1.29, 1.82) is 0 Å². The lowest BCUT2D eigenvalue weighted by Gasteiger charge is -2.72. The summed E-state index contributed by atoms with van der Waals surface area (Å²) in [6, 6.07) is 0. The second-order valence-electron chi connectivity index (χ2n) is 22.7. The first-order chi connectivity index (χ1) is 30.3. The van der Waals surface area contributed by atoms with Crippen molar-refractivity contribution in [3.63, 3.8) is 0 Å². The molecule has 8 aliphatic rings. The first-order valence-corrected chi connectivity index (χ1v) is 23.9. The van der Waals surface area contributed by atoms with Crippen LogP contribution in [0.4, 0.5) is 0 Å². The molecular weight excluding hydrogens is 852 g/mol. The van der Waals surface area contributed by atoms with E-state index in [2.05, 4.69) is 40.7 Å². The van der Waals surface area contributed by atoms with Crippen molar-refractivity contribution in [1.82, 2.24) is 0 Å². The van der Waals surface area contributed by atoms with Crippen LogP contribution in [0, 0.1) is 50.7 Å². The van der Waals surface area contributed by atoms with Crippen LogP contribution in [0.15, 0.2) is 11.6 Å². The van der Waals surface area contributed by atoms with Crippen LogP contribution in [0.3, 0.4) is 0 Å². The number of aliphatic hydroxyl groups is 11. The van der Waals surface area contributed by atoms with Gasteiger partial charge in [-0.3, -0.25) is 4.79 Å². The third-order valence-electron chi connectivity index (χ3n) is 19.3. The molecule has 4 saturated carbocycles. The summed E-state index contributed by atoms with van der Waals surface area (Å²) >= 11 is 0. The number of esters is 1. The van der Waals surface area contributed by atoms with Gasteiger partial charge in [-0.1, -0.05) is 53.2 Å². The number of fused-ring (bicyclic) bond motifs is 7. The predicted molar refractivity (Wildman–Crippen MR) is 226 cm³/mol. The molecule has 0 aromatic heterocycles. The van der Waals surface area contributed by atoms with Gasteiger partial charge in [0.1, 0.15) is 67.1 Å². The molecule has 0 amide bonds. The van der Waals surface area contributed by atoms with Gasteiger partial charge in [-0.05, 0) is 104 Å². The summed E-state index contributed by atoms with van der Waals surface area (Å²) in [5.74, 6) is -1.06. The summed E-state index contributed by atoms with van der Waals surface area (Å²) in [7, 11) is 0. The van der Waals surface area contributed by atoms with E-state index < -0.39 is 139 Å². The van der Waals surface area contributed by atoms with E-state index in [-0.39, 0.29) is 35.2 Å². The van der Waals surface area contributed by atoms with Crippen molar-refractivity contribution in [2.45, 2.75) is 204 Å². The third kappa shape index (κ3) is 7.53. The second kappa shape index (κ2) is 17.5. The highest BCUT2D eigenvalue weighted by molar-refractivity contribution is 5.79. The fourth-order valence-electron chi connectivity index (χ4n) is 15.0. The second-order valence-corrected chi connectivity index (χ2v) is 22.7. The number of aliphatic hydroxyl groups excluding tert-OH is 10. The molecule has 0 radical (unpaired) electrons. The standard InChI is InChI=1S/C47H76O18/c1-21-10-15-47(41(58)65-39-35(57)33(55)31(53)25(19-49)62-39)17-16-44(5)22(37(47)46(21,7)59)8-9-27-43(4)13-12-28(42(2,3)26(43)11-14-45(27,44)6)63-40-36(29(51)23(50)20-60-40)64-38-34(56)32(54)30(52)24(18-48)61-38/h8,21,23-40,48-57,59H,9-20H2,1-7H3. The smallest absolute Gasteiger partial charge is 0.315 e. The molecule has 372 valence electrons. The molecule has 0 aromatic rings. The van der Waals surface area contributed by atoms with Gasteiger partial charge in [0.05, 0.1) is 36.9 Å². The fraction of sp³-hybridized carbons (Fsp3) is 0.936. The highest BCUT2D eigenvalue weighted by Crippen LogP contribution is 2.76. The largest absolute Gasteiger partial charge is 0.432 e. The lowest BCUT2D eigenvalue weighted by Crippen LogP contribution is -2.68. The lowest BCUT2D eigenvalue weighted by atomic mass is 9.33. The summed E-state index contributed by atoms with van der Waals surface area (Å²) in [5.41, 5.74) is -2.75. The Balaban J connectivity index is 1.05. The number of carbonyl (C=O) groups excluding carboxylic acids is 1. The van der Waals surface area contributed by atoms with Gasteiger partial charge in [-0.2, -0.15) is 0 Å². The Hall–Kier alpha value is -1.43. The molecule has 18 nitrogen and oxygen atoms in total. The summed E-state index contributed by atoms with van der Waals surface area (Å²) in [4.78, 5) is 14.7. The minimum Gasteiger partial charge on any atom is -0.432 e. The van der Waals surface area contributed by atoms with Gasteiger partial charge in [0.15, 0.2) is 12.6 Å². The van der Waals surface area contributed by atoms with Crippen LogP contribution in [0.5, 0.6) is 0 Å². The third-order valence-corrected chi connectivity index (χ3v) is 19.3. The zero-order valence-electron chi connectivity index (χ0n) is 38.8. The van der Waals surface area contributed by atoms with Crippen LogP contribution in [0.2, 0.25) is 0 Å². The Morgan fingerprint density at radius 3 is 1.94 bits per heavy atom. The molecule has 24 atom stereocenters. The number of ether oxygens (including phenoxy) is 6. The minimum atomic E-state index is -1.75. The van der Waals surface area contributed by atoms with E-state index in [4.69, 9.17) is 28.4 Å². The molecule has 65 heavy (non-hydrogen) atoms. The highest BCUT2D eigenvalue weighted by atomic mass is 16.8. The topological polar surface area (TPSA) is 295 Å². The quantitative estimate of drug-likeness (QED) is 0.0850. The molecule has 24 unspecified atom stereocenters. The number of carbonyl (C=O) groups is 1. The molecule has 3 heterocycles. The van der Waals surface area contributed by atoms with E-state index in [0.29, 0.717) is 38.5 Å². The van der Waals surface area contributed by atoms with Crippen molar-refractivity contribution in [3.8, 4) is 0 Å². The van der Waals surface area contributed by atoms with Crippen molar-refractivity contribution < 1.29 is 89.4 Å². The molecule has 5 aliphatic carbocycles. The zero-order chi connectivity index (χ0) is 47.6. The Kier molecular flexibility index (Phi) is 13.4. The van der Waals surface area contributed by atoms with Gasteiger partial charge in [0.25, 0.3) is 0 Å². The van der Waals surface area contributed by atoms with Gasteiger partial charge in [-0.25, -0.2) is 0 Å². The summed E-state index contributed by atoms with van der Waals surface area (Å²) < 4.78 is 35.9. The Morgan fingerprint density at radius 1 is 0.692 bits per heavy atom. The lowest BCUT2D eigenvalue weighted by molar-refractivity contribution is -0.367. The number of hydrogen-bond acceptors (Lipinski definition) is 18.